The smallest absolute Gasteiger partial charge is 0.251 e. The minimum absolute atomic E-state index is 0.00690. The monoisotopic (exact) mass is 344 g/mol. The highest BCUT2D eigenvalue weighted by molar-refractivity contribution is 7.07. The Bertz CT molecular complexity index is 655. The molecule has 1 N–H and O–H groups in total. The van der Waals surface area contributed by atoms with Crippen molar-refractivity contribution in [3.8, 4) is 5.75 Å². The van der Waals surface area contributed by atoms with E-state index in [1.807, 2.05) is 29.6 Å². The lowest BCUT2D eigenvalue weighted by Gasteiger charge is -2.33. The van der Waals surface area contributed by atoms with E-state index in [0.29, 0.717) is 18.1 Å². The van der Waals surface area contributed by atoms with Crippen molar-refractivity contribution in [1.29, 1.82) is 0 Å². The predicted octanol–water partition coefficient (Wildman–Crippen LogP) is 4.28. The molecule has 24 heavy (non-hydrogen) atoms. The summed E-state index contributed by atoms with van der Waals surface area (Å²) in [4.78, 5) is 16.6. The standard InChI is InChI=1S/C19H24N2O2S/c1-13-3-8-18(14(2)9-13)21-19(22)15-4-6-17(7-5-15)23-10-16-11-24-12-20-16/h4-7,11-14,18H,3,8-10H2,1-2H3,(H,21,22). The Morgan fingerprint density at radius 2 is 2.08 bits per heavy atom. The number of aromatic nitrogens is 1. The maximum absolute atomic E-state index is 12.4. The van der Waals surface area contributed by atoms with Crippen LogP contribution in [-0.2, 0) is 6.61 Å². The number of amides is 1. The normalized spacial score (nSPS) is 23.7. The van der Waals surface area contributed by atoms with Gasteiger partial charge in [0.15, 0.2) is 0 Å². The molecule has 0 aliphatic heterocycles. The lowest BCUT2D eigenvalue weighted by atomic mass is 9.80. The van der Waals surface area contributed by atoms with Crippen LogP contribution in [0.2, 0.25) is 0 Å². The molecule has 1 aliphatic rings. The van der Waals surface area contributed by atoms with Crippen molar-refractivity contribution >= 4 is 17.2 Å². The summed E-state index contributed by atoms with van der Waals surface area (Å²) in [5.74, 6) is 2.06. The molecule has 3 rings (SSSR count). The van der Waals surface area contributed by atoms with Gasteiger partial charge in [-0.25, -0.2) is 4.98 Å². The average molecular weight is 344 g/mol. The van der Waals surface area contributed by atoms with Gasteiger partial charge in [0.1, 0.15) is 12.4 Å². The average Bonchev–Trinajstić information content (AvgIpc) is 3.09. The van der Waals surface area contributed by atoms with E-state index < -0.39 is 0 Å². The van der Waals surface area contributed by atoms with Gasteiger partial charge in [0.2, 0.25) is 0 Å². The zero-order valence-corrected chi connectivity index (χ0v) is 15.0. The molecule has 1 aromatic heterocycles. The van der Waals surface area contributed by atoms with Gasteiger partial charge in [-0.2, -0.15) is 0 Å². The Labute approximate surface area is 147 Å². The van der Waals surface area contributed by atoms with Crippen LogP contribution in [0.1, 0.15) is 49.2 Å². The first-order chi connectivity index (χ1) is 11.6. The van der Waals surface area contributed by atoms with Gasteiger partial charge in [-0.05, 0) is 55.4 Å². The van der Waals surface area contributed by atoms with Gasteiger partial charge in [-0.1, -0.05) is 13.8 Å². The Kier molecular flexibility index (Phi) is 5.51. The van der Waals surface area contributed by atoms with Gasteiger partial charge in [-0.15, -0.1) is 11.3 Å². The summed E-state index contributed by atoms with van der Waals surface area (Å²) in [6.45, 7) is 4.97. The van der Waals surface area contributed by atoms with E-state index in [-0.39, 0.29) is 11.9 Å². The highest BCUT2D eigenvalue weighted by Crippen LogP contribution is 2.28. The summed E-state index contributed by atoms with van der Waals surface area (Å²) in [6.07, 6.45) is 3.45. The predicted molar refractivity (Wildman–Crippen MR) is 96.3 cm³/mol. The zero-order chi connectivity index (χ0) is 16.9. The molecule has 2 aromatic rings. The molecule has 1 aliphatic carbocycles. The largest absolute Gasteiger partial charge is 0.487 e. The number of carbonyl (C=O) groups is 1. The number of nitrogens with zero attached hydrogens (tertiary/aromatic N) is 1. The summed E-state index contributed by atoms with van der Waals surface area (Å²) in [5.41, 5.74) is 3.39. The third kappa shape index (κ3) is 4.35. The summed E-state index contributed by atoms with van der Waals surface area (Å²) in [7, 11) is 0. The van der Waals surface area contributed by atoms with E-state index in [1.54, 1.807) is 16.8 Å². The molecule has 1 amide bonds. The molecular formula is C19H24N2O2S. The summed E-state index contributed by atoms with van der Waals surface area (Å²) in [5, 5.41) is 5.16. The van der Waals surface area contributed by atoms with Crippen LogP contribution in [0.15, 0.2) is 35.2 Å². The Balaban J connectivity index is 1.53. The number of hydrogen-bond acceptors (Lipinski definition) is 4. The zero-order valence-electron chi connectivity index (χ0n) is 14.2. The molecule has 1 fully saturated rings. The third-order valence-electron chi connectivity index (χ3n) is 4.73. The van der Waals surface area contributed by atoms with Crippen LogP contribution in [0.4, 0.5) is 0 Å². The van der Waals surface area contributed by atoms with Crippen molar-refractivity contribution in [2.45, 2.75) is 45.8 Å². The van der Waals surface area contributed by atoms with Crippen LogP contribution >= 0.6 is 11.3 Å². The first kappa shape index (κ1) is 17.0. The van der Waals surface area contributed by atoms with Crippen molar-refractivity contribution in [2.75, 3.05) is 0 Å². The van der Waals surface area contributed by atoms with Gasteiger partial charge in [0.05, 0.1) is 11.2 Å². The second-order valence-electron chi connectivity index (χ2n) is 6.77. The molecule has 128 valence electrons. The summed E-state index contributed by atoms with van der Waals surface area (Å²) < 4.78 is 5.68. The molecule has 4 nitrogen and oxygen atoms in total. The Morgan fingerprint density at radius 1 is 1.29 bits per heavy atom. The highest BCUT2D eigenvalue weighted by Gasteiger charge is 2.26. The van der Waals surface area contributed by atoms with Crippen LogP contribution < -0.4 is 10.1 Å². The van der Waals surface area contributed by atoms with Crippen LogP contribution in [0.5, 0.6) is 5.75 Å². The first-order valence-corrected chi connectivity index (χ1v) is 9.47. The van der Waals surface area contributed by atoms with Crippen molar-refractivity contribution in [3.63, 3.8) is 0 Å². The molecule has 3 atom stereocenters. The SMILES string of the molecule is CC1CCC(NC(=O)c2ccc(OCc3cscn3)cc2)C(C)C1. The lowest BCUT2D eigenvalue weighted by molar-refractivity contribution is 0.0899. The molecule has 0 saturated heterocycles. The molecular weight excluding hydrogens is 320 g/mol. The Hall–Kier alpha value is -1.88. The van der Waals surface area contributed by atoms with E-state index >= 15 is 0 Å². The quantitative estimate of drug-likeness (QED) is 0.881. The molecule has 0 radical (unpaired) electrons. The Morgan fingerprint density at radius 3 is 2.75 bits per heavy atom. The topological polar surface area (TPSA) is 51.2 Å². The van der Waals surface area contributed by atoms with Gasteiger partial charge in [0, 0.05) is 17.0 Å². The lowest BCUT2D eigenvalue weighted by Crippen LogP contribution is -2.42. The third-order valence-corrected chi connectivity index (χ3v) is 5.37. The van der Waals surface area contributed by atoms with E-state index in [9.17, 15) is 4.79 Å². The molecule has 1 saturated carbocycles. The fourth-order valence-electron chi connectivity index (χ4n) is 3.30. The maximum Gasteiger partial charge on any atom is 0.251 e. The molecule has 0 bridgehead atoms. The van der Waals surface area contributed by atoms with E-state index in [1.165, 1.54) is 12.8 Å². The minimum atomic E-state index is 0.00690. The van der Waals surface area contributed by atoms with Crippen molar-refractivity contribution in [3.05, 3.63) is 46.4 Å². The number of thiazole rings is 1. The number of benzene rings is 1. The number of hydrogen-bond donors (Lipinski definition) is 1. The fraction of sp³-hybridized carbons (Fsp3) is 0.474. The number of carbonyl (C=O) groups excluding carboxylic acids is 1. The van der Waals surface area contributed by atoms with Crippen molar-refractivity contribution in [1.82, 2.24) is 10.3 Å². The van der Waals surface area contributed by atoms with Gasteiger partial charge >= 0.3 is 0 Å². The molecule has 1 aromatic carbocycles. The van der Waals surface area contributed by atoms with Crippen molar-refractivity contribution in [2.24, 2.45) is 11.8 Å². The van der Waals surface area contributed by atoms with E-state index in [4.69, 9.17) is 4.74 Å². The second-order valence-corrected chi connectivity index (χ2v) is 7.49. The fourth-order valence-corrected chi connectivity index (χ4v) is 3.84. The minimum Gasteiger partial charge on any atom is -0.487 e. The second kappa shape index (κ2) is 7.79. The van der Waals surface area contributed by atoms with Crippen LogP contribution in [0.3, 0.4) is 0 Å². The summed E-state index contributed by atoms with van der Waals surface area (Å²) in [6, 6.07) is 7.61. The highest BCUT2D eigenvalue weighted by atomic mass is 32.1. The molecule has 5 heteroatoms. The van der Waals surface area contributed by atoms with Crippen molar-refractivity contribution < 1.29 is 9.53 Å². The van der Waals surface area contributed by atoms with Gasteiger partial charge in [0.25, 0.3) is 5.91 Å². The van der Waals surface area contributed by atoms with Crippen LogP contribution in [-0.4, -0.2) is 16.9 Å². The number of ether oxygens (including phenoxy) is 1. The molecule has 0 spiro atoms. The van der Waals surface area contributed by atoms with Gasteiger partial charge < -0.3 is 10.1 Å². The van der Waals surface area contributed by atoms with Crippen LogP contribution in [0.25, 0.3) is 0 Å². The summed E-state index contributed by atoms with van der Waals surface area (Å²) >= 11 is 1.55. The first-order valence-electron chi connectivity index (χ1n) is 8.52. The van der Waals surface area contributed by atoms with Crippen LogP contribution in [0, 0.1) is 11.8 Å². The van der Waals surface area contributed by atoms with Gasteiger partial charge in [-0.3, -0.25) is 4.79 Å². The number of nitrogens with one attached hydrogen (secondary N) is 1. The number of rotatable bonds is 5. The maximum atomic E-state index is 12.4. The van der Waals surface area contributed by atoms with E-state index in [0.717, 1.165) is 23.8 Å². The van der Waals surface area contributed by atoms with E-state index in [2.05, 4.69) is 24.1 Å². The molecule has 1 heterocycles. The molecule has 3 unspecified atom stereocenters.